The van der Waals surface area contributed by atoms with E-state index >= 15 is 0 Å². The van der Waals surface area contributed by atoms with E-state index in [0.29, 0.717) is 22.9 Å². The molecule has 0 spiro atoms. The van der Waals surface area contributed by atoms with E-state index in [2.05, 4.69) is 6.92 Å². The number of halogens is 2. The van der Waals surface area contributed by atoms with Crippen LogP contribution in [0.4, 0.5) is 4.39 Å². The second-order valence-corrected chi connectivity index (χ2v) is 8.29. The maximum absolute atomic E-state index is 14.9. The molecule has 1 aliphatic rings. The van der Waals surface area contributed by atoms with E-state index in [1.807, 2.05) is 24.3 Å². The van der Waals surface area contributed by atoms with E-state index < -0.39 is 43.1 Å². The first-order valence-electron chi connectivity index (χ1n) is 10.2. The summed E-state index contributed by atoms with van der Waals surface area (Å²) in [5.74, 6) is -0.470. The Hall–Kier alpha value is -2.00. The maximum Gasteiger partial charge on any atom is 0.163 e. The molecule has 0 aliphatic carbocycles. The smallest absolute Gasteiger partial charge is 0.163 e. The van der Waals surface area contributed by atoms with Crippen LogP contribution in [-0.2, 0) is 17.6 Å². The molecule has 0 saturated carbocycles. The number of fused-ring (bicyclic) bond motifs is 1. The van der Waals surface area contributed by atoms with Gasteiger partial charge >= 0.3 is 0 Å². The Balaban J connectivity index is 1.81. The molecule has 5 atom stereocenters. The van der Waals surface area contributed by atoms with Crippen molar-refractivity contribution in [1.29, 1.82) is 0 Å². The van der Waals surface area contributed by atoms with Crippen LogP contribution < -0.4 is 0 Å². The molecule has 1 aliphatic heterocycles. The fourth-order valence-corrected chi connectivity index (χ4v) is 4.41. The summed E-state index contributed by atoms with van der Waals surface area (Å²) in [6.07, 6.45) is -3.83. The van der Waals surface area contributed by atoms with Crippen molar-refractivity contribution in [2.45, 2.75) is 50.4 Å². The number of aliphatic hydroxyl groups is 4. The number of hydrogen-bond acceptors (Lipinski definition) is 5. The third-order valence-corrected chi connectivity index (χ3v) is 6.22. The van der Waals surface area contributed by atoms with Crippen molar-refractivity contribution < 1.29 is 29.6 Å². The molecule has 31 heavy (non-hydrogen) atoms. The Morgan fingerprint density at radius 2 is 1.68 bits per heavy atom. The molecule has 0 radical (unpaired) electrons. The predicted octanol–water partition coefficient (Wildman–Crippen LogP) is 2.56. The number of ether oxygens (including phenoxy) is 1. The van der Waals surface area contributed by atoms with Gasteiger partial charge in [-0.1, -0.05) is 42.8 Å². The average Bonchev–Trinajstić information content (AvgIpc) is 3.15. The van der Waals surface area contributed by atoms with Gasteiger partial charge in [0.05, 0.1) is 17.1 Å². The summed E-state index contributed by atoms with van der Waals surface area (Å²) >= 11 is 6.41. The number of benzene rings is 2. The highest BCUT2D eigenvalue weighted by molar-refractivity contribution is 6.35. The first-order valence-corrected chi connectivity index (χ1v) is 10.6. The molecule has 166 valence electrons. The van der Waals surface area contributed by atoms with Crippen LogP contribution in [0.15, 0.2) is 42.6 Å². The summed E-state index contributed by atoms with van der Waals surface area (Å²) in [6.45, 7) is 1.51. The van der Waals surface area contributed by atoms with Crippen LogP contribution in [0, 0.1) is 5.82 Å². The van der Waals surface area contributed by atoms with Gasteiger partial charge in [0.25, 0.3) is 0 Å². The van der Waals surface area contributed by atoms with Crippen LogP contribution in [-0.4, -0.2) is 56.0 Å². The minimum atomic E-state index is -1.55. The lowest BCUT2D eigenvalue weighted by Gasteiger charge is -2.40. The molecule has 1 fully saturated rings. The van der Waals surface area contributed by atoms with Crippen molar-refractivity contribution in [3.63, 3.8) is 0 Å². The lowest BCUT2D eigenvalue weighted by Crippen LogP contribution is -2.56. The Morgan fingerprint density at radius 3 is 2.32 bits per heavy atom. The van der Waals surface area contributed by atoms with Crippen molar-refractivity contribution >= 4 is 22.5 Å². The molecule has 4 N–H and O–H groups in total. The van der Waals surface area contributed by atoms with Crippen LogP contribution in [0.3, 0.4) is 0 Å². The van der Waals surface area contributed by atoms with Gasteiger partial charge in [0, 0.05) is 11.6 Å². The Morgan fingerprint density at radius 1 is 1.00 bits per heavy atom. The normalized spacial score (nSPS) is 26.5. The zero-order chi connectivity index (χ0) is 22.3. The highest BCUT2D eigenvalue weighted by Crippen LogP contribution is 2.37. The summed E-state index contributed by atoms with van der Waals surface area (Å²) in [7, 11) is 0. The van der Waals surface area contributed by atoms with Crippen LogP contribution in [0.1, 0.15) is 29.8 Å². The van der Waals surface area contributed by atoms with Crippen LogP contribution in [0.5, 0.6) is 0 Å². The van der Waals surface area contributed by atoms with Gasteiger partial charge in [-0.25, -0.2) is 4.39 Å². The van der Waals surface area contributed by atoms with Gasteiger partial charge in [-0.15, -0.1) is 0 Å². The molecule has 1 saturated heterocycles. The topological polar surface area (TPSA) is 95.1 Å². The summed E-state index contributed by atoms with van der Waals surface area (Å²) in [6, 6.07) is 10.7. The summed E-state index contributed by atoms with van der Waals surface area (Å²) < 4.78 is 22.1. The Labute approximate surface area is 184 Å². The Kier molecular flexibility index (Phi) is 6.35. The van der Waals surface area contributed by atoms with E-state index in [4.69, 9.17) is 16.3 Å². The van der Waals surface area contributed by atoms with Crippen molar-refractivity contribution in [3.8, 4) is 0 Å². The quantitative estimate of drug-likeness (QED) is 0.480. The number of rotatable bonds is 5. The van der Waals surface area contributed by atoms with Gasteiger partial charge in [0.2, 0.25) is 0 Å². The first kappa shape index (κ1) is 22.2. The van der Waals surface area contributed by atoms with E-state index in [9.17, 15) is 24.8 Å². The van der Waals surface area contributed by atoms with E-state index in [1.54, 1.807) is 6.20 Å². The highest BCUT2D eigenvalue weighted by atomic mass is 35.5. The Bertz CT molecular complexity index is 1070. The second kappa shape index (κ2) is 8.86. The van der Waals surface area contributed by atoms with Gasteiger partial charge in [-0.2, -0.15) is 0 Å². The molecule has 0 bridgehead atoms. The summed E-state index contributed by atoms with van der Waals surface area (Å²) in [4.78, 5) is 0. The lowest BCUT2D eigenvalue weighted by atomic mass is 9.98. The van der Waals surface area contributed by atoms with E-state index in [-0.39, 0.29) is 5.02 Å². The minimum absolute atomic E-state index is 0.251. The summed E-state index contributed by atoms with van der Waals surface area (Å²) in [5.41, 5.74) is 3.12. The first-order chi connectivity index (χ1) is 14.8. The average molecular weight is 450 g/mol. The molecule has 0 amide bonds. The zero-order valence-electron chi connectivity index (χ0n) is 16.9. The minimum Gasteiger partial charge on any atom is -0.394 e. The summed E-state index contributed by atoms with van der Waals surface area (Å²) in [5, 5.41) is 40.9. The number of hydrogen-bond donors (Lipinski definition) is 4. The van der Waals surface area contributed by atoms with E-state index in [1.165, 1.54) is 22.3 Å². The van der Waals surface area contributed by atoms with Gasteiger partial charge in [0.15, 0.2) is 6.23 Å². The predicted molar refractivity (Wildman–Crippen MR) is 115 cm³/mol. The number of aromatic nitrogens is 1. The third kappa shape index (κ3) is 3.98. The van der Waals surface area contributed by atoms with Gasteiger partial charge in [0.1, 0.15) is 30.2 Å². The fraction of sp³-hybridized carbons (Fsp3) is 0.391. The van der Waals surface area contributed by atoms with Crippen LogP contribution in [0.2, 0.25) is 5.02 Å². The van der Waals surface area contributed by atoms with Crippen LogP contribution in [0.25, 0.3) is 10.9 Å². The lowest BCUT2D eigenvalue weighted by molar-refractivity contribution is -0.250. The van der Waals surface area contributed by atoms with Crippen molar-refractivity contribution in [1.82, 2.24) is 4.57 Å². The molecule has 8 heteroatoms. The molecular weight excluding hydrogens is 425 g/mol. The zero-order valence-corrected chi connectivity index (χ0v) is 17.7. The molecule has 4 rings (SSSR count). The molecule has 2 aromatic carbocycles. The van der Waals surface area contributed by atoms with Gasteiger partial charge in [-0.05, 0) is 41.7 Å². The molecule has 1 aromatic heterocycles. The van der Waals surface area contributed by atoms with Gasteiger partial charge in [-0.3, -0.25) is 0 Å². The third-order valence-electron chi connectivity index (χ3n) is 5.92. The number of nitrogens with zero attached hydrogens (tertiary/aromatic N) is 1. The van der Waals surface area contributed by atoms with Crippen molar-refractivity contribution in [2.24, 2.45) is 0 Å². The SMILES string of the molecule is CCc1ccc(Cc2cn([C@@H]3O[C@H](CO)[C@@H](O)[C@H](O)[C@H]3O)c3c(Cl)ccc(F)c23)cc1. The van der Waals surface area contributed by atoms with Gasteiger partial charge < -0.3 is 29.7 Å². The number of aryl methyl sites for hydroxylation is 1. The maximum atomic E-state index is 14.9. The van der Waals surface area contributed by atoms with Crippen LogP contribution >= 0.6 is 11.6 Å². The van der Waals surface area contributed by atoms with Crippen molar-refractivity contribution in [3.05, 3.63) is 70.1 Å². The number of aliphatic hydroxyl groups excluding tert-OH is 4. The molecule has 0 unspecified atom stereocenters. The monoisotopic (exact) mass is 449 g/mol. The molecular formula is C23H25ClFNO5. The van der Waals surface area contributed by atoms with Crippen molar-refractivity contribution in [2.75, 3.05) is 6.61 Å². The standard InChI is InChI=1S/C23H25ClFNO5/c1-2-12-3-5-13(6-4-12)9-14-10-26(19-15(24)7-8-16(25)18(14)19)23-22(30)21(29)20(28)17(11-27)31-23/h3-8,10,17,20-23,27-30H,2,9,11H2,1H3/t17-,20-,21+,22-,23-/m1/s1. The molecule has 6 nitrogen and oxygen atoms in total. The fourth-order valence-electron chi connectivity index (χ4n) is 4.16. The molecule has 3 aromatic rings. The second-order valence-electron chi connectivity index (χ2n) is 7.88. The largest absolute Gasteiger partial charge is 0.394 e. The van der Waals surface area contributed by atoms with E-state index in [0.717, 1.165) is 12.0 Å². The molecule has 2 heterocycles. The highest BCUT2D eigenvalue weighted by Gasteiger charge is 2.44.